The van der Waals surface area contributed by atoms with E-state index in [-0.39, 0.29) is 34.8 Å². The number of hydrogen-bond donors (Lipinski definition) is 3. The normalized spacial score (nSPS) is 22.5. The number of amides is 1. The van der Waals surface area contributed by atoms with Crippen molar-refractivity contribution in [2.45, 2.75) is 97.6 Å². The number of Topliss-reactive ketones (excluding diaryl/α,β-unsaturated/α-hetero) is 1. The molecule has 5 N–H and O–H groups in total. The number of hydrogen-bond acceptors (Lipinski definition) is 7. The molecule has 1 aromatic heterocycles. The van der Waals surface area contributed by atoms with Crippen LogP contribution in [0.3, 0.4) is 0 Å². The second kappa shape index (κ2) is 10.6. The number of nitrogens with one attached hydrogen (secondary N) is 1. The van der Waals surface area contributed by atoms with Crippen LogP contribution in [-0.2, 0) is 33.9 Å². The molecule has 3 aliphatic rings. The van der Waals surface area contributed by atoms with Crippen LogP contribution in [0.5, 0.6) is 0 Å². The van der Waals surface area contributed by atoms with E-state index in [0.717, 1.165) is 17.0 Å². The molecule has 0 bridgehead atoms. The average molecular weight is 555 g/mol. The van der Waals surface area contributed by atoms with Crippen molar-refractivity contribution in [2.24, 2.45) is 22.8 Å². The van der Waals surface area contributed by atoms with Gasteiger partial charge in [-0.3, -0.25) is 14.4 Å². The predicted octanol–water partition coefficient (Wildman–Crippen LogP) is 4.15. The van der Waals surface area contributed by atoms with Crippen molar-refractivity contribution in [1.29, 1.82) is 0 Å². The van der Waals surface area contributed by atoms with E-state index < -0.39 is 23.7 Å². The molecule has 0 spiro atoms. The van der Waals surface area contributed by atoms with E-state index >= 15 is 4.39 Å². The van der Waals surface area contributed by atoms with Crippen LogP contribution in [0, 0.1) is 17.2 Å². The fourth-order valence-corrected chi connectivity index (χ4v) is 6.28. The standard InChI is InChI=1S/C30H39FN4O5/c1-15(2)27(32)29(38)40-18-7-5-16(6-8-18)34-21-10-17(9-20(31)26(21)28(33)37)35-22-11-30(3,4)12-24(36)25(22)19-13-39-14-23(19)35/h9-10,15-16,18,27,34H,5-8,11-14,32H2,1-4H3,(H2,33,37)/t16?,18?,27-/m0/s1. The molecule has 1 saturated carbocycles. The Morgan fingerprint density at radius 1 is 1.12 bits per heavy atom. The second-order valence-electron chi connectivity index (χ2n) is 12.6. The number of nitrogens with two attached hydrogens (primary N) is 2. The van der Waals surface area contributed by atoms with Crippen molar-refractivity contribution in [3.05, 3.63) is 46.0 Å². The Morgan fingerprint density at radius 3 is 2.48 bits per heavy atom. The van der Waals surface area contributed by atoms with Gasteiger partial charge in [0.1, 0.15) is 18.0 Å². The summed E-state index contributed by atoms with van der Waals surface area (Å²) in [5.74, 6) is -1.93. The van der Waals surface area contributed by atoms with E-state index in [0.29, 0.717) is 68.7 Å². The molecule has 0 radical (unpaired) electrons. The third-order valence-electron chi connectivity index (χ3n) is 8.41. The van der Waals surface area contributed by atoms with Crippen molar-refractivity contribution in [2.75, 3.05) is 5.32 Å². The van der Waals surface area contributed by atoms with Gasteiger partial charge in [-0.1, -0.05) is 27.7 Å². The summed E-state index contributed by atoms with van der Waals surface area (Å²) in [5, 5.41) is 3.34. The number of carbonyl (C=O) groups excluding carboxylic acids is 3. The van der Waals surface area contributed by atoms with E-state index in [2.05, 4.69) is 19.2 Å². The van der Waals surface area contributed by atoms with Crippen LogP contribution in [-0.4, -0.2) is 40.4 Å². The van der Waals surface area contributed by atoms with Gasteiger partial charge in [0.2, 0.25) is 0 Å². The summed E-state index contributed by atoms with van der Waals surface area (Å²) in [6, 6.07) is 2.31. The predicted molar refractivity (Wildman–Crippen MR) is 148 cm³/mol. The van der Waals surface area contributed by atoms with Gasteiger partial charge in [0, 0.05) is 29.3 Å². The van der Waals surface area contributed by atoms with Gasteiger partial charge in [-0.05, 0) is 55.6 Å². The Labute approximate surface area is 233 Å². The molecule has 0 unspecified atom stereocenters. The minimum Gasteiger partial charge on any atom is -0.461 e. The number of fused-ring (bicyclic) bond motifs is 3. The first kappa shape index (κ1) is 28.3. The molecule has 216 valence electrons. The van der Waals surface area contributed by atoms with Gasteiger partial charge in [0.25, 0.3) is 5.91 Å². The number of ether oxygens (including phenoxy) is 2. The van der Waals surface area contributed by atoms with Crippen molar-refractivity contribution in [3.63, 3.8) is 0 Å². The van der Waals surface area contributed by atoms with Gasteiger partial charge in [-0.15, -0.1) is 0 Å². The molecular weight excluding hydrogens is 515 g/mol. The van der Waals surface area contributed by atoms with Crippen molar-refractivity contribution < 1.29 is 28.2 Å². The maximum Gasteiger partial charge on any atom is 0.323 e. The van der Waals surface area contributed by atoms with Crippen LogP contribution < -0.4 is 16.8 Å². The molecule has 40 heavy (non-hydrogen) atoms. The number of carbonyl (C=O) groups is 3. The maximum atomic E-state index is 15.5. The fourth-order valence-electron chi connectivity index (χ4n) is 6.28. The van der Waals surface area contributed by atoms with Crippen molar-refractivity contribution in [3.8, 4) is 5.69 Å². The summed E-state index contributed by atoms with van der Waals surface area (Å²) in [6.45, 7) is 8.53. The SMILES string of the molecule is CC(C)[C@H](N)C(=O)OC1CCC(Nc2cc(-n3c4c(c5c3CC(C)(C)CC5=O)COC4)cc(F)c2C(N)=O)CC1. The third kappa shape index (κ3) is 5.26. The van der Waals surface area contributed by atoms with E-state index in [1.54, 1.807) is 6.07 Å². The fraction of sp³-hybridized carbons (Fsp3) is 0.567. The van der Waals surface area contributed by atoms with Crippen LogP contribution >= 0.6 is 0 Å². The second-order valence-corrected chi connectivity index (χ2v) is 12.6. The number of ketones is 1. The van der Waals surface area contributed by atoms with Crippen molar-refractivity contribution in [1.82, 2.24) is 4.57 Å². The lowest BCUT2D eigenvalue weighted by Gasteiger charge is -2.31. The lowest BCUT2D eigenvalue weighted by molar-refractivity contribution is -0.153. The molecule has 5 rings (SSSR count). The molecule has 0 saturated heterocycles. The average Bonchev–Trinajstić information content (AvgIpc) is 3.43. The Kier molecular flexibility index (Phi) is 7.52. The molecule has 2 aromatic rings. The zero-order chi connectivity index (χ0) is 28.9. The highest BCUT2D eigenvalue weighted by atomic mass is 19.1. The number of nitrogens with zero attached hydrogens (tertiary/aromatic N) is 1. The van der Waals surface area contributed by atoms with Crippen LogP contribution in [0.4, 0.5) is 10.1 Å². The first-order valence-electron chi connectivity index (χ1n) is 14.1. The lowest BCUT2D eigenvalue weighted by atomic mass is 9.75. The third-order valence-corrected chi connectivity index (χ3v) is 8.41. The van der Waals surface area contributed by atoms with E-state index in [1.807, 2.05) is 18.4 Å². The molecule has 10 heteroatoms. The number of primary amides is 1. The molecule has 1 fully saturated rings. The summed E-state index contributed by atoms with van der Waals surface area (Å²) in [5.41, 5.74) is 15.2. The maximum absolute atomic E-state index is 15.5. The van der Waals surface area contributed by atoms with Crippen LogP contribution in [0.1, 0.15) is 97.5 Å². The molecular formula is C30H39FN4O5. The number of halogens is 1. The number of aromatic nitrogens is 1. The molecule has 9 nitrogen and oxygen atoms in total. The smallest absolute Gasteiger partial charge is 0.323 e. The van der Waals surface area contributed by atoms with Gasteiger partial charge in [-0.2, -0.15) is 0 Å². The topological polar surface area (TPSA) is 139 Å². The molecule has 1 atom stereocenters. The minimum absolute atomic E-state index is 0.0113. The summed E-state index contributed by atoms with van der Waals surface area (Å²) in [4.78, 5) is 37.8. The Hall–Kier alpha value is -3.24. The molecule has 1 amide bonds. The minimum atomic E-state index is -0.865. The zero-order valence-corrected chi connectivity index (χ0v) is 23.6. The quantitative estimate of drug-likeness (QED) is 0.437. The van der Waals surface area contributed by atoms with E-state index in [1.165, 1.54) is 6.07 Å². The Balaban J connectivity index is 1.43. The highest BCUT2D eigenvalue weighted by Gasteiger charge is 2.39. The number of rotatable bonds is 7. The Morgan fingerprint density at radius 2 is 1.82 bits per heavy atom. The molecule has 1 aromatic carbocycles. The number of esters is 1. The first-order valence-corrected chi connectivity index (χ1v) is 14.1. The van der Waals surface area contributed by atoms with Crippen molar-refractivity contribution >= 4 is 23.3 Å². The van der Waals surface area contributed by atoms with Gasteiger partial charge >= 0.3 is 5.97 Å². The van der Waals surface area contributed by atoms with Gasteiger partial charge in [-0.25, -0.2) is 4.39 Å². The summed E-state index contributed by atoms with van der Waals surface area (Å²) >= 11 is 0. The number of benzene rings is 1. The van der Waals surface area contributed by atoms with Crippen LogP contribution in [0.25, 0.3) is 5.69 Å². The summed E-state index contributed by atoms with van der Waals surface area (Å²) in [7, 11) is 0. The van der Waals surface area contributed by atoms with Crippen LogP contribution in [0.15, 0.2) is 12.1 Å². The molecule has 1 aliphatic heterocycles. The summed E-state index contributed by atoms with van der Waals surface area (Å²) in [6.07, 6.45) is 3.42. The number of anilines is 1. The van der Waals surface area contributed by atoms with Crippen LogP contribution in [0.2, 0.25) is 0 Å². The largest absolute Gasteiger partial charge is 0.461 e. The van der Waals surface area contributed by atoms with E-state index in [4.69, 9.17) is 20.9 Å². The monoisotopic (exact) mass is 554 g/mol. The summed E-state index contributed by atoms with van der Waals surface area (Å²) < 4.78 is 28.8. The Bertz CT molecular complexity index is 1360. The van der Waals surface area contributed by atoms with Gasteiger partial charge < -0.3 is 30.8 Å². The highest BCUT2D eigenvalue weighted by Crippen LogP contribution is 2.43. The first-order chi connectivity index (χ1) is 18.9. The van der Waals surface area contributed by atoms with E-state index in [9.17, 15) is 14.4 Å². The van der Waals surface area contributed by atoms with Gasteiger partial charge in [0.05, 0.1) is 35.8 Å². The molecule has 2 heterocycles. The lowest BCUT2D eigenvalue weighted by Crippen LogP contribution is -2.40. The zero-order valence-electron chi connectivity index (χ0n) is 23.6. The van der Waals surface area contributed by atoms with Gasteiger partial charge in [0.15, 0.2) is 5.78 Å². The molecule has 2 aliphatic carbocycles. The highest BCUT2D eigenvalue weighted by molar-refractivity contribution is 6.01.